The van der Waals surface area contributed by atoms with Crippen molar-refractivity contribution in [2.24, 2.45) is 5.41 Å². The van der Waals surface area contributed by atoms with E-state index in [2.05, 4.69) is 21.2 Å². The van der Waals surface area contributed by atoms with E-state index in [9.17, 15) is 9.59 Å². The van der Waals surface area contributed by atoms with E-state index < -0.39 is 11.4 Å². The number of aliphatic carboxylic acids is 1. The van der Waals surface area contributed by atoms with Gasteiger partial charge in [0.15, 0.2) is 5.75 Å². The highest BCUT2D eigenvalue weighted by Gasteiger charge is 2.27. The lowest BCUT2D eigenvalue weighted by Gasteiger charge is -2.18. The Morgan fingerprint density at radius 2 is 2.05 bits per heavy atom. The zero-order valence-electron chi connectivity index (χ0n) is 11.9. The van der Waals surface area contributed by atoms with Crippen molar-refractivity contribution in [2.45, 2.75) is 27.2 Å². The summed E-state index contributed by atoms with van der Waals surface area (Å²) in [6, 6.07) is 0. The molecule has 5 nitrogen and oxygen atoms in total. The Hall–Kier alpha value is -1.08. The van der Waals surface area contributed by atoms with Crippen molar-refractivity contribution in [2.75, 3.05) is 13.7 Å². The Labute approximate surface area is 130 Å². The van der Waals surface area contributed by atoms with Crippen molar-refractivity contribution in [3.8, 4) is 5.75 Å². The first-order valence-electron chi connectivity index (χ1n) is 6.05. The summed E-state index contributed by atoms with van der Waals surface area (Å²) in [5.41, 5.74) is -0.858. The summed E-state index contributed by atoms with van der Waals surface area (Å²) < 4.78 is 5.99. The molecule has 0 unspecified atom stereocenters. The van der Waals surface area contributed by atoms with Gasteiger partial charge in [0.05, 0.1) is 17.0 Å². The van der Waals surface area contributed by atoms with E-state index in [-0.39, 0.29) is 5.91 Å². The molecule has 0 aliphatic rings. The fraction of sp³-hybridized carbons (Fsp3) is 0.538. The second kappa shape index (κ2) is 6.58. The lowest BCUT2D eigenvalue weighted by molar-refractivity contribution is -0.147. The Morgan fingerprint density at radius 3 is 2.55 bits per heavy atom. The van der Waals surface area contributed by atoms with E-state index in [1.54, 1.807) is 13.8 Å². The molecule has 1 rings (SSSR count). The van der Waals surface area contributed by atoms with Crippen LogP contribution in [-0.4, -0.2) is 30.6 Å². The van der Waals surface area contributed by atoms with E-state index >= 15 is 0 Å². The van der Waals surface area contributed by atoms with E-state index in [1.807, 2.05) is 6.92 Å². The molecule has 1 aromatic rings. The summed E-state index contributed by atoms with van der Waals surface area (Å²) in [5.74, 6) is -0.608. The molecular weight excluding hydrogens is 346 g/mol. The second-order valence-corrected chi connectivity index (χ2v) is 7.05. The fourth-order valence-corrected chi connectivity index (χ4v) is 3.18. The van der Waals surface area contributed by atoms with Crippen LogP contribution in [0.15, 0.2) is 4.47 Å². The quantitative estimate of drug-likeness (QED) is 0.814. The summed E-state index contributed by atoms with van der Waals surface area (Å²) in [6.07, 6.45) is 0.363. The lowest BCUT2D eigenvalue weighted by Crippen LogP contribution is -2.31. The predicted octanol–water partition coefficient (Wildman–Crippen LogP) is 3.06. The highest BCUT2D eigenvalue weighted by atomic mass is 79.9. The van der Waals surface area contributed by atoms with E-state index in [1.165, 1.54) is 18.4 Å². The molecule has 0 aliphatic heterocycles. The number of hydrogen-bond donors (Lipinski definition) is 2. The zero-order valence-corrected chi connectivity index (χ0v) is 14.3. The van der Waals surface area contributed by atoms with Gasteiger partial charge in [0.2, 0.25) is 0 Å². The summed E-state index contributed by atoms with van der Waals surface area (Å²) >= 11 is 4.71. The summed E-state index contributed by atoms with van der Waals surface area (Å²) in [5, 5.41) is 11.7. The maximum absolute atomic E-state index is 12.1. The molecular formula is C13H18BrNO4S. The van der Waals surface area contributed by atoms with Gasteiger partial charge < -0.3 is 15.2 Å². The number of aryl methyl sites for hydroxylation is 1. The molecule has 1 heterocycles. The molecule has 0 aliphatic carbocycles. The normalized spacial score (nSPS) is 11.2. The fourth-order valence-electron chi connectivity index (χ4n) is 1.51. The Kier molecular flexibility index (Phi) is 5.59. The first-order valence-corrected chi connectivity index (χ1v) is 7.66. The van der Waals surface area contributed by atoms with Gasteiger partial charge in [-0.05, 0) is 43.1 Å². The molecule has 0 saturated carbocycles. The molecule has 112 valence electrons. The minimum atomic E-state index is -0.876. The number of carbonyl (C=O) groups is 2. The Morgan fingerprint density at radius 1 is 1.45 bits per heavy atom. The van der Waals surface area contributed by atoms with Crippen molar-refractivity contribution in [1.29, 1.82) is 0 Å². The van der Waals surface area contributed by atoms with Gasteiger partial charge in [0, 0.05) is 11.4 Å². The topological polar surface area (TPSA) is 75.6 Å². The van der Waals surface area contributed by atoms with Gasteiger partial charge in [-0.2, -0.15) is 0 Å². The van der Waals surface area contributed by atoms with Crippen LogP contribution >= 0.6 is 27.3 Å². The minimum absolute atomic E-state index is 0.248. The molecule has 2 N–H and O–H groups in total. The first kappa shape index (κ1) is 17.0. The third-order valence-electron chi connectivity index (χ3n) is 2.99. The number of ether oxygens (including phenoxy) is 1. The zero-order chi connectivity index (χ0) is 15.5. The van der Waals surface area contributed by atoms with Crippen LogP contribution in [0.3, 0.4) is 0 Å². The van der Waals surface area contributed by atoms with Gasteiger partial charge in [-0.1, -0.05) is 0 Å². The van der Waals surface area contributed by atoms with E-state index in [0.717, 1.165) is 9.35 Å². The van der Waals surface area contributed by atoms with Gasteiger partial charge in [-0.15, -0.1) is 11.3 Å². The van der Waals surface area contributed by atoms with Gasteiger partial charge in [-0.25, -0.2) is 0 Å². The van der Waals surface area contributed by atoms with Gasteiger partial charge in [0.25, 0.3) is 5.91 Å². The molecule has 0 spiro atoms. The Bertz CT molecular complexity index is 525. The average molecular weight is 364 g/mol. The van der Waals surface area contributed by atoms with Crippen LogP contribution < -0.4 is 10.1 Å². The van der Waals surface area contributed by atoms with Crippen LogP contribution in [0, 0.1) is 12.3 Å². The monoisotopic (exact) mass is 363 g/mol. The van der Waals surface area contributed by atoms with Crippen molar-refractivity contribution in [3.63, 3.8) is 0 Å². The molecule has 1 amide bonds. The number of amides is 1. The van der Waals surface area contributed by atoms with E-state index in [4.69, 9.17) is 9.84 Å². The molecule has 7 heteroatoms. The third-order valence-corrected chi connectivity index (χ3v) is 5.30. The standard InChI is InChI=1S/C13H18BrNO4S/c1-7-8(14)9(19-4)10(20-7)11(16)15-6-5-13(2,3)12(17)18/h5-6H2,1-4H3,(H,15,16)(H,17,18). The van der Waals surface area contributed by atoms with Crippen LogP contribution in [0.4, 0.5) is 0 Å². The number of nitrogens with one attached hydrogen (secondary N) is 1. The van der Waals surface area contributed by atoms with Crippen molar-refractivity contribution in [3.05, 3.63) is 14.2 Å². The molecule has 1 aromatic heterocycles. The number of hydrogen-bond acceptors (Lipinski definition) is 4. The van der Waals surface area contributed by atoms with Crippen molar-refractivity contribution in [1.82, 2.24) is 5.32 Å². The molecule has 20 heavy (non-hydrogen) atoms. The van der Waals surface area contributed by atoms with Crippen LogP contribution in [0.25, 0.3) is 0 Å². The van der Waals surface area contributed by atoms with Crippen LogP contribution in [0.1, 0.15) is 34.8 Å². The summed E-state index contributed by atoms with van der Waals surface area (Å²) in [7, 11) is 1.51. The van der Waals surface area contributed by atoms with Gasteiger partial charge in [0.1, 0.15) is 4.88 Å². The number of halogens is 1. The number of carboxylic acid groups (broad SMARTS) is 1. The number of rotatable bonds is 6. The van der Waals surface area contributed by atoms with Crippen molar-refractivity contribution >= 4 is 39.1 Å². The maximum Gasteiger partial charge on any atom is 0.309 e. The molecule has 0 bridgehead atoms. The van der Waals surface area contributed by atoms with Crippen molar-refractivity contribution < 1.29 is 19.4 Å². The molecule has 0 fully saturated rings. The molecule has 0 radical (unpaired) electrons. The number of thiophene rings is 1. The Balaban J connectivity index is 2.69. The number of carbonyl (C=O) groups excluding carboxylic acids is 1. The van der Waals surface area contributed by atoms with Gasteiger partial charge in [-0.3, -0.25) is 9.59 Å². The van der Waals surface area contributed by atoms with Gasteiger partial charge >= 0.3 is 5.97 Å². The highest BCUT2D eigenvalue weighted by molar-refractivity contribution is 9.10. The first-order chi connectivity index (χ1) is 9.20. The smallest absolute Gasteiger partial charge is 0.309 e. The number of carboxylic acids is 1. The minimum Gasteiger partial charge on any atom is -0.494 e. The molecule has 0 atom stereocenters. The maximum atomic E-state index is 12.1. The highest BCUT2D eigenvalue weighted by Crippen LogP contribution is 2.39. The predicted molar refractivity (Wildman–Crippen MR) is 81.7 cm³/mol. The third kappa shape index (κ3) is 3.73. The van der Waals surface area contributed by atoms with Crippen LogP contribution in [-0.2, 0) is 4.79 Å². The summed E-state index contributed by atoms with van der Waals surface area (Å²) in [4.78, 5) is 24.5. The average Bonchev–Trinajstić information content (AvgIpc) is 2.65. The number of methoxy groups -OCH3 is 1. The van der Waals surface area contributed by atoms with Crippen LogP contribution in [0.5, 0.6) is 5.75 Å². The largest absolute Gasteiger partial charge is 0.494 e. The lowest BCUT2D eigenvalue weighted by atomic mass is 9.90. The van der Waals surface area contributed by atoms with Crippen LogP contribution in [0.2, 0.25) is 0 Å². The molecule has 0 aromatic carbocycles. The van der Waals surface area contributed by atoms with E-state index in [0.29, 0.717) is 23.6 Å². The second-order valence-electron chi connectivity index (χ2n) is 5.03. The molecule has 0 saturated heterocycles. The summed E-state index contributed by atoms with van der Waals surface area (Å²) in [6.45, 7) is 5.46. The SMILES string of the molecule is COc1c(C(=O)NCCC(C)(C)C(=O)O)sc(C)c1Br.